The predicted molar refractivity (Wildman–Crippen MR) is 213 cm³/mol. The largest absolute Gasteiger partial charge is 0.476 e. The van der Waals surface area contributed by atoms with E-state index in [0.717, 1.165) is 76.7 Å². The Labute approximate surface area is 351 Å². The lowest BCUT2D eigenvalue weighted by molar-refractivity contribution is -0.139. The highest BCUT2D eigenvalue weighted by molar-refractivity contribution is 6.06. The molecule has 1 N–H and O–H groups in total. The van der Waals surface area contributed by atoms with Gasteiger partial charge in [-0.05, 0) is 90.5 Å². The number of ether oxygens (including phenoxy) is 3. The van der Waals surface area contributed by atoms with Crippen LogP contribution < -0.4 is 24.6 Å². The van der Waals surface area contributed by atoms with Gasteiger partial charge < -0.3 is 34.2 Å². The molecular weight excluding hydrogens is 814 g/mol. The Bertz CT molecular complexity index is 2010. The Kier molecular flexibility index (Phi) is 14.0. The number of esters is 1. The second-order valence-corrected chi connectivity index (χ2v) is 16.6. The lowest BCUT2D eigenvalue weighted by Gasteiger charge is -2.45. The van der Waals surface area contributed by atoms with Gasteiger partial charge in [-0.3, -0.25) is 19.2 Å². The van der Waals surface area contributed by atoms with E-state index in [9.17, 15) is 50.3 Å². The molecule has 2 saturated carbocycles. The van der Waals surface area contributed by atoms with E-state index in [1.165, 1.54) is 43.6 Å². The van der Waals surface area contributed by atoms with Crippen molar-refractivity contribution >= 4 is 41.0 Å². The summed E-state index contributed by atoms with van der Waals surface area (Å²) in [6, 6.07) is 3.63. The normalized spacial score (nSPS) is 18.6. The Balaban J connectivity index is 0.000000254. The van der Waals surface area contributed by atoms with Crippen LogP contribution in [0.4, 0.5) is 37.7 Å². The highest BCUT2D eigenvalue weighted by Crippen LogP contribution is 2.46. The zero-order valence-corrected chi connectivity index (χ0v) is 35.5. The number of anilines is 2. The third kappa shape index (κ3) is 10.0. The van der Waals surface area contributed by atoms with Gasteiger partial charge in [0.05, 0.1) is 40.7 Å². The number of benzene rings is 2. The van der Waals surface area contributed by atoms with Crippen molar-refractivity contribution in [2.45, 2.75) is 141 Å². The zero-order valence-electron chi connectivity index (χ0n) is 35.5. The number of carbonyl (C=O) groups excluding carboxylic acids is 5. The lowest BCUT2D eigenvalue weighted by atomic mass is 9.85. The topological polar surface area (TPSA) is 135 Å². The summed E-state index contributed by atoms with van der Waals surface area (Å²) in [7, 11) is 0.997. The van der Waals surface area contributed by atoms with Gasteiger partial charge in [0.15, 0.2) is 11.2 Å². The summed E-state index contributed by atoms with van der Waals surface area (Å²) in [6.45, 7) is 9.95. The first-order valence-corrected chi connectivity index (χ1v) is 20.7. The SMILES string of the molecule is CCC(=O)NCCN1C(=O)C(C)(C)Oc2cc(C(F)(F)F)c(C(=O)N(C3CCCCC3)C3CCC3)cc21.CCCN1C(=O)C(C)(C)Oc2cc(C(F)(F)F)c(C(=O)OC)cc21. The van der Waals surface area contributed by atoms with Crippen LogP contribution in [0.3, 0.4) is 0 Å². The fourth-order valence-electron chi connectivity index (χ4n) is 8.05. The Morgan fingerprint density at radius 2 is 1.20 bits per heavy atom. The minimum atomic E-state index is -4.78. The molecule has 0 saturated heterocycles. The molecule has 0 unspecified atom stereocenters. The molecular formula is C43H54F6N4O8. The van der Waals surface area contributed by atoms with Crippen LogP contribution in [-0.2, 0) is 31.5 Å². The predicted octanol–water partition coefficient (Wildman–Crippen LogP) is 8.47. The van der Waals surface area contributed by atoms with Crippen molar-refractivity contribution in [2.75, 3.05) is 36.5 Å². The second kappa shape index (κ2) is 18.1. The number of carbonyl (C=O) groups is 5. The molecule has 61 heavy (non-hydrogen) atoms. The highest BCUT2D eigenvalue weighted by atomic mass is 19.4. The van der Waals surface area contributed by atoms with Gasteiger partial charge in [-0.15, -0.1) is 0 Å². The van der Waals surface area contributed by atoms with Crippen molar-refractivity contribution in [3.05, 3.63) is 46.5 Å². The van der Waals surface area contributed by atoms with E-state index in [1.54, 1.807) is 11.8 Å². The van der Waals surface area contributed by atoms with Gasteiger partial charge in [-0.25, -0.2) is 4.79 Å². The number of halogens is 6. The smallest absolute Gasteiger partial charge is 0.417 e. The molecule has 2 aromatic carbocycles. The molecule has 0 atom stereocenters. The van der Waals surface area contributed by atoms with Crippen LogP contribution in [0.25, 0.3) is 0 Å². The van der Waals surface area contributed by atoms with Gasteiger partial charge in [0.2, 0.25) is 5.91 Å². The van der Waals surface area contributed by atoms with E-state index >= 15 is 0 Å². The van der Waals surface area contributed by atoms with E-state index in [1.807, 2.05) is 6.92 Å². The van der Waals surface area contributed by atoms with Gasteiger partial charge in [0.1, 0.15) is 11.5 Å². The van der Waals surface area contributed by atoms with Crippen LogP contribution >= 0.6 is 0 Å². The van der Waals surface area contributed by atoms with Crippen LogP contribution in [0, 0.1) is 0 Å². The van der Waals surface area contributed by atoms with Gasteiger partial charge in [0.25, 0.3) is 17.7 Å². The molecule has 4 amide bonds. The van der Waals surface area contributed by atoms with Crippen molar-refractivity contribution in [3.8, 4) is 11.5 Å². The number of alkyl halides is 6. The van der Waals surface area contributed by atoms with Gasteiger partial charge >= 0.3 is 18.3 Å². The average Bonchev–Trinajstić information content (AvgIpc) is 3.17. The molecule has 336 valence electrons. The second-order valence-electron chi connectivity index (χ2n) is 16.6. The standard InChI is InChI=1S/C27H36F3N3O4.C16H18F3NO4/c1-4-23(34)31-13-14-32-21-15-19(20(27(28,29)30)16-22(21)37-26(2,3)25(32)36)24(35)33(18-11-8-12-18)17-9-6-5-7-10-17;1-5-6-20-11-7-9(13(21)23-4)10(16(17,18)19)8-12(11)24-15(2,3)14(20)22/h15-18H,4-14H2,1-3H3,(H,31,34);7-8H,5-6H2,1-4H3. The average molecular weight is 869 g/mol. The summed E-state index contributed by atoms with van der Waals surface area (Å²) < 4.78 is 98.5. The molecule has 2 heterocycles. The molecule has 0 aromatic heterocycles. The van der Waals surface area contributed by atoms with Gasteiger partial charge in [-0.1, -0.05) is 33.1 Å². The zero-order chi connectivity index (χ0) is 45.2. The van der Waals surface area contributed by atoms with Crippen molar-refractivity contribution < 1.29 is 64.5 Å². The number of amides is 4. The van der Waals surface area contributed by atoms with Crippen LogP contribution in [0.1, 0.15) is 138 Å². The number of hydrogen-bond acceptors (Lipinski definition) is 8. The first kappa shape index (κ1) is 47.0. The molecule has 2 aromatic rings. The molecule has 4 aliphatic rings. The summed E-state index contributed by atoms with van der Waals surface area (Å²) in [5, 5.41) is 2.69. The number of nitrogens with one attached hydrogen (secondary N) is 1. The lowest BCUT2D eigenvalue weighted by Crippen LogP contribution is -2.54. The third-order valence-corrected chi connectivity index (χ3v) is 11.4. The molecule has 2 aliphatic carbocycles. The molecule has 6 rings (SSSR count). The van der Waals surface area contributed by atoms with Gasteiger partial charge in [-0.2, -0.15) is 26.3 Å². The van der Waals surface area contributed by atoms with E-state index in [2.05, 4.69) is 10.1 Å². The maximum atomic E-state index is 14.3. The highest BCUT2D eigenvalue weighted by Gasteiger charge is 2.47. The molecule has 0 spiro atoms. The summed E-state index contributed by atoms with van der Waals surface area (Å²) in [5.41, 5.74) is -5.77. The number of methoxy groups -OCH3 is 1. The molecule has 18 heteroatoms. The van der Waals surface area contributed by atoms with E-state index < -0.39 is 63.6 Å². The number of hydrogen-bond donors (Lipinski definition) is 1. The van der Waals surface area contributed by atoms with Crippen molar-refractivity contribution in [1.82, 2.24) is 10.2 Å². The minimum Gasteiger partial charge on any atom is -0.476 e. The Morgan fingerprint density at radius 3 is 1.62 bits per heavy atom. The molecule has 2 fully saturated rings. The fourth-order valence-corrected chi connectivity index (χ4v) is 8.05. The summed E-state index contributed by atoms with van der Waals surface area (Å²) in [6.07, 6.45) is -1.63. The molecule has 0 radical (unpaired) electrons. The fraction of sp³-hybridized carbons (Fsp3) is 0.605. The monoisotopic (exact) mass is 868 g/mol. The Hall–Kier alpha value is -5.03. The van der Waals surface area contributed by atoms with Crippen molar-refractivity contribution in [3.63, 3.8) is 0 Å². The van der Waals surface area contributed by atoms with E-state index in [0.29, 0.717) is 13.0 Å². The van der Waals surface area contributed by atoms with Crippen LogP contribution in [-0.4, -0.2) is 84.5 Å². The first-order valence-electron chi connectivity index (χ1n) is 20.7. The molecule has 2 aliphatic heterocycles. The van der Waals surface area contributed by atoms with E-state index in [-0.39, 0.29) is 66.3 Å². The Morgan fingerprint density at radius 1 is 0.738 bits per heavy atom. The van der Waals surface area contributed by atoms with Gasteiger partial charge in [0, 0.05) is 38.1 Å². The van der Waals surface area contributed by atoms with Crippen molar-refractivity contribution in [1.29, 1.82) is 0 Å². The summed E-state index contributed by atoms with van der Waals surface area (Å²) in [5.74, 6) is -3.00. The van der Waals surface area contributed by atoms with Crippen LogP contribution in [0.5, 0.6) is 11.5 Å². The van der Waals surface area contributed by atoms with E-state index in [4.69, 9.17) is 9.47 Å². The summed E-state index contributed by atoms with van der Waals surface area (Å²) >= 11 is 0. The van der Waals surface area contributed by atoms with Crippen LogP contribution in [0.15, 0.2) is 24.3 Å². The molecule has 12 nitrogen and oxygen atoms in total. The first-order chi connectivity index (χ1) is 28.5. The minimum absolute atomic E-state index is 0.0400. The number of fused-ring (bicyclic) bond motifs is 2. The summed E-state index contributed by atoms with van der Waals surface area (Å²) in [4.78, 5) is 67.5. The number of rotatable bonds is 10. The third-order valence-electron chi connectivity index (χ3n) is 11.4. The van der Waals surface area contributed by atoms with Crippen molar-refractivity contribution in [2.24, 2.45) is 0 Å². The number of nitrogens with zero attached hydrogens (tertiary/aromatic N) is 3. The molecule has 0 bridgehead atoms. The maximum Gasteiger partial charge on any atom is 0.417 e. The quantitative estimate of drug-likeness (QED) is 0.186. The van der Waals surface area contributed by atoms with Crippen LogP contribution in [0.2, 0.25) is 0 Å². The maximum absolute atomic E-state index is 14.3.